The van der Waals surface area contributed by atoms with Crippen molar-refractivity contribution >= 4 is 15.8 Å². The largest absolute Gasteiger partial charge is 0.481 e. The molecule has 0 amide bonds. The summed E-state index contributed by atoms with van der Waals surface area (Å²) in [4.78, 5) is 10.1. The van der Waals surface area contributed by atoms with Crippen molar-refractivity contribution in [2.75, 3.05) is 0 Å². The van der Waals surface area contributed by atoms with Crippen molar-refractivity contribution in [3.63, 3.8) is 0 Å². The Kier molecular flexibility index (Phi) is 4.24. The fraction of sp³-hybridized carbons (Fsp3) is 0.364. The molecule has 4 nitrogen and oxygen atoms in total. The Morgan fingerprint density at radius 1 is 1.26 bits per heavy atom. The Bertz CT molecular complexity index is 561. The van der Waals surface area contributed by atoms with E-state index in [1.165, 1.54) is 6.92 Å². The Labute approximate surface area is 107 Å². The normalized spacial score (nSPS) is 14.1. The van der Waals surface area contributed by atoms with E-state index in [0.717, 1.165) is 12.1 Å². The fourth-order valence-electron chi connectivity index (χ4n) is 1.42. The number of hydrogen-bond acceptors (Lipinski definition) is 3. The van der Waals surface area contributed by atoms with E-state index >= 15 is 0 Å². The lowest BCUT2D eigenvalue weighted by Crippen LogP contribution is -2.21. The highest BCUT2D eigenvalue weighted by atomic mass is 32.2. The molecule has 1 rings (SSSR count). The highest BCUT2D eigenvalue weighted by Gasteiger charge is 2.31. The summed E-state index contributed by atoms with van der Waals surface area (Å²) in [6.07, 6.45) is -5.15. The molecule has 0 fully saturated rings. The maximum absolute atomic E-state index is 12.3. The van der Waals surface area contributed by atoms with Crippen LogP contribution in [0, 0.1) is 0 Å². The van der Waals surface area contributed by atoms with Gasteiger partial charge in [0.1, 0.15) is 0 Å². The number of hydrogen-bond donors (Lipinski definition) is 1. The molecule has 1 aromatic carbocycles. The van der Waals surface area contributed by atoms with E-state index in [-0.39, 0.29) is 4.90 Å². The summed E-state index contributed by atoms with van der Waals surface area (Å²) in [7, 11) is -3.94. The highest BCUT2D eigenvalue weighted by Crippen LogP contribution is 2.30. The lowest BCUT2D eigenvalue weighted by Gasteiger charge is -2.12. The molecule has 0 heterocycles. The average molecular weight is 296 g/mol. The molecule has 1 unspecified atom stereocenters. The van der Waals surface area contributed by atoms with Crippen molar-refractivity contribution < 1.29 is 31.5 Å². The number of sulfone groups is 1. The second-order valence-electron chi connectivity index (χ2n) is 3.98. The second-order valence-corrected chi connectivity index (χ2v) is 6.34. The van der Waals surface area contributed by atoms with E-state index in [1.807, 2.05) is 0 Å². The van der Waals surface area contributed by atoms with Gasteiger partial charge in [0.05, 0.1) is 22.1 Å². The fourth-order valence-corrected chi connectivity index (χ4v) is 2.76. The number of halogens is 3. The summed E-state index contributed by atoms with van der Waals surface area (Å²) in [6, 6.07) is 2.97. The molecule has 106 valence electrons. The molecule has 0 bridgehead atoms. The summed E-state index contributed by atoms with van der Waals surface area (Å²) in [5.41, 5.74) is -0.961. The molecule has 0 radical (unpaired) electrons. The van der Waals surface area contributed by atoms with Gasteiger partial charge in [-0.15, -0.1) is 0 Å². The van der Waals surface area contributed by atoms with Crippen LogP contribution in [0.5, 0.6) is 0 Å². The van der Waals surface area contributed by atoms with Gasteiger partial charge in [-0.05, 0) is 31.2 Å². The SMILES string of the molecule is CC(CC(=O)O)S(=O)(=O)c1ccc(C(F)(F)F)cc1. The summed E-state index contributed by atoms with van der Waals surface area (Å²) >= 11 is 0. The van der Waals surface area contributed by atoms with E-state index in [2.05, 4.69) is 0 Å². The van der Waals surface area contributed by atoms with E-state index in [1.54, 1.807) is 0 Å². The first-order valence-electron chi connectivity index (χ1n) is 5.18. The third-order valence-corrected chi connectivity index (χ3v) is 4.66. The molecule has 0 spiro atoms. The van der Waals surface area contributed by atoms with Crippen LogP contribution < -0.4 is 0 Å². The van der Waals surface area contributed by atoms with Crippen LogP contribution in [0.1, 0.15) is 18.9 Å². The van der Waals surface area contributed by atoms with Crippen LogP contribution >= 0.6 is 0 Å². The van der Waals surface area contributed by atoms with Gasteiger partial charge in [0.25, 0.3) is 0 Å². The van der Waals surface area contributed by atoms with E-state index in [4.69, 9.17) is 5.11 Å². The molecule has 0 aromatic heterocycles. The molecule has 1 atom stereocenters. The van der Waals surface area contributed by atoms with Gasteiger partial charge < -0.3 is 5.11 Å². The van der Waals surface area contributed by atoms with E-state index < -0.39 is 39.2 Å². The van der Waals surface area contributed by atoms with Gasteiger partial charge in [0, 0.05) is 0 Å². The molecule has 8 heteroatoms. The van der Waals surface area contributed by atoms with E-state index in [0.29, 0.717) is 12.1 Å². The number of alkyl halides is 3. The standard InChI is InChI=1S/C11H11F3O4S/c1-7(6-10(15)16)19(17,18)9-4-2-8(3-5-9)11(12,13)14/h2-5,7H,6H2,1H3,(H,15,16). The number of aliphatic carboxylic acids is 1. The smallest absolute Gasteiger partial charge is 0.416 e. The summed E-state index contributed by atoms with van der Waals surface area (Å²) in [6.45, 7) is 1.20. The molecule has 0 saturated carbocycles. The van der Waals surface area contributed by atoms with Gasteiger partial charge in [-0.25, -0.2) is 8.42 Å². The van der Waals surface area contributed by atoms with Crippen LogP contribution in [0.25, 0.3) is 0 Å². The van der Waals surface area contributed by atoms with Crippen LogP contribution in [-0.2, 0) is 20.8 Å². The lowest BCUT2D eigenvalue weighted by molar-refractivity contribution is -0.138. The minimum absolute atomic E-state index is 0.325. The third-order valence-electron chi connectivity index (χ3n) is 2.50. The summed E-state index contributed by atoms with van der Waals surface area (Å²) in [5, 5.41) is 7.32. The van der Waals surface area contributed by atoms with Gasteiger partial charge in [0.2, 0.25) is 0 Å². The van der Waals surface area contributed by atoms with Crippen molar-refractivity contribution in [1.29, 1.82) is 0 Å². The van der Waals surface area contributed by atoms with Crippen LogP contribution in [-0.4, -0.2) is 24.7 Å². The predicted molar refractivity (Wildman–Crippen MR) is 60.3 cm³/mol. The van der Waals surface area contributed by atoms with E-state index in [9.17, 15) is 26.4 Å². The molecule has 0 aliphatic heterocycles. The Hall–Kier alpha value is -1.57. The summed E-state index contributed by atoms with van der Waals surface area (Å²) < 4.78 is 60.7. The van der Waals surface area contributed by atoms with Gasteiger partial charge in [-0.3, -0.25) is 4.79 Å². The number of carboxylic acid groups (broad SMARTS) is 1. The monoisotopic (exact) mass is 296 g/mol. The number of benzene rings is 1. The van der Waals surface area contributed by atoms with Crippen LogP contribution in [0.15, 0.2) is 29.2 Å². The minimum atomic E-state index is -4.55. The van der Waals surface area contributed by atoms with Gasteiger partial charge in [0.15, 0.2) is 9.84 Å². The zero-order chi connectivity index (χ0) is 14.8. The van der Waals surface area contributed by atoms with Gasteiger partial charge in [-0.1, -0.05) is 0 Å². The first-order valence-corrected chi connectivity index (χ1v) is 6.72. The number of carboxylic acids is 1. The molecule has 0 aliphatic rings. The molecule has 0 aliphatic carbocycles. The Balaban J connectivity index is 3.07. The maximum atomic E-state index is 12.3. The topological polar surface area (TPSA) is 71.4 Å². The van der Waals surface area contributed by atoms with Crippen molar-refractivity contribution in [2.24, 2.45) is 0 Å². The molecule has 1 aromatic rings. The van der Waals surface area contributed by atoms with Crippen molar-refractivity contribution in [2.45, 2.75) is 29.7 Å². The van der Waals surface area contributed by atoms with Crippen LogP contribution in [0.2, 0.25) is 0 Å². The molecule has 19 heavy (non-hydrogen) atoms. The number of carbonyl (C=O) groups is 1. The Morgan fingerprint density at radius 2 is 1.74 bits per heavy atom. The molecule has 0 saturated heterocycles. The number of rotatable bonds is 4. The zero-order valence-electron chi connectivity index (χ0n) is 9.81. The van der Waals surface area contributed by atoms with Crippen molar-refractivity contribution in [1.82, 2.24) is 0 Å². The summed E-state index contributed by atoms with van der Waals surface area (Å²) in [5.74, 6) is -1.29. The third kappa shape index (κ3) is 3.69. The van der Waals surface area contributed by atoms with Gasteiger partial charge in [-0.2, -0.15) is 13.2 Å². The Morgan fingerprint density at radius 3 is 2.11 bits per heavy atom. The second kappa shape index (κ2) is 5.20. The van der Waals surface area contributed by atoms with Crippen LogP contribution in [0.3, 0.4) is 0 Å². The first-order chi connectivity index (χ1) is 8.55. The highest BCUT2D eigenvalue weighted by molar-refractivity contribution is 7.92. The minimum Gasteiger partial charge on any atom is -0.481 e. The first kappa shape index (κ1) is 15.5. The van der Waals surface area contributed by atoms with Crippen LogP contribution in [0.4, 0.5) is 13.2 Å². The molecular formula is C11H11F3O4S. The van der Waals surface area contributed by atoms with Crippen molar-refractivity contribution in [3.8, 4) is 0 Å². The molecule has 1 N–H and O–H groups in total. The maximum Gasteiger partial charge on any atom is 0.416 e. The zero-order valence-corrected chi connectivity index (χ0v) is 10.6. The predicted octanol–water partition coefficient (Wildman–Crippen LogP) is 2.34. The molecular weight excluding hydrogens is 285 g/mol. The van der Waals surface area contributed by atoms with Crippen molar-refractivity contribution in [3.05, 3.63) is 29.8 Å². The van der Waals surface area contributed by atoms with Gasteiger partial charge >= 0.3 is 12.1 Å². The lowest BCUT2D eigenvalue weighted by atomic mass is 10.2. The quantitative estimate of drug-likeness (QED) is 0.925. The average Bonchev–Trinajstić information content (AvgIpc) is 2.27.